The first kappa shape index (κ1) is 25.1. The third-order valence-corrected chi connectivity index (χ3v) is 5.97. The Labute approximate surface area is 205 Å². The lowest BCUT2D eigenvalue weighted by molar-refractivity contribution is -0.139. The summed E-state index contributed by atoms with van der Waals surface area (Å²) in [6.45, 7) is 5.17. The fraction of sp³-hybridized carbons (Fsp3) is 0.222. The second kappa shape index (κ2) is 9.94. The Kier molecular flexibility index (Phi) is 6.94. The molecule has 2 N–H and O–H groups in total. The summed E-state index contributed by atoms with van der Waals surface area (Å²) in [6.07, 6.45) is -4.57. The average molecular weight is 496 g/mol. The minimum absolute atomic E-state index is 0.0266. The molecule has 0 amide bonds. The summed E-state index contributed by atoms with van der Waals surface area (Å²) in [4.78, 5) is 15.4. The van der Waals surface area contributed by atoms with Crippen LogP contribution in [0.5, 0.6) is 0 Å². The number of aromatic nitrogens is 2. The third-order valence-electron chi connectivity index (χ3n) is 5.97. The molecule has 0 aliphatic heterocycles. The number of halogens is 3. The minimum Gasteiger partial charge on any atom is -0.480 e. The average Bonchev–Trinajstić information content (AvgIpc) is 3.34. The van der Waals surface area contributed by atoms with Gasteiger partial charge in [0.2, 0.25) is 5.82 Å². The van der Waals surface area contributed by atoms with Crippen LogP contribution < -0.4 is 5.32 Å². The zero-order valence-corrected chi connectivity index (χ0v) is 19.8. The second-order valence-electron chi connectivity index (χ2n) is 8.57. The van der Waals surface area contributed by atoms with Crippen molar-refractivity contribution in [2.24, 2.45) is 0 Å². The molecule has 186 valence electrons. The SMILES string of the molecule is Cc1ccccc1-c1ccc(-c2nc(-c3ccc(C(C)NC(C)C(=O)O)cc3)no2)cc1C(F)(F)F. The van der Waals surface area contributed by atoms with Gasteiger partial charge in [0.1, 0.15) is 6.04 Å². The molecule has 0 spiro atoms. The highest BCUT2D eigenvalue weighted by atomic mass is 19.4. The predicted octanol–water partition coefficient (Wildman–Crippen LogP) is 6.52. The van der Waals surface area contributed by atoms with Crippen molar-refractivity contribution in [3.05, 3.63) is 83.4 Å². The molecule has 0 aliphatic carbocycles. The van der Waals surface area contributed by atoms with E-state index in [2.05, 4.69) is 15.5 Å². The van der Waals surface area contributed by atoms with Gasteiger partial charge in [-0.3, -0.25) is 10.1 Å². The Bertz CT molecular complexity index is 1380. The van der Waals surface area contributed by atoms with Gasteiger partial charge in [0.05, 0.1) is 5.56 Å². The molecule has 0 bridgehead atoms. The van der Waals surface area contributed by atoms with Crippen LogP contribution in [0.1, 0.15) is 36.6 Å². The van der Waals surface area contributed by atoms with Crippen LogP contribution in [0.3, 0.4) is 0 Å². The van der Waals surface area contributed by atoms with Crippen molar-refractivity contribution in [1.29, 1.82) is 0 Å². The van der Waals surface area contributed by atoms with Gasteiger partial charge >= 0.3 is 12.1 Å². The van der Waals surface area contributed by atoms with Crippen molar-refractivity contribution in [2.45, 2.75) is 39.0 Å². The van der Waals surface area contributed by atoms with Crippen LogP contribution in [0.25, 0.3) is 34.0 Å². The summed E-state index contributed by atoms with van der Waals surface area (Å²) < 4.78 is 47.2. The van der Waals surface area contributed by atoms with Gasteiger partial charge in [0.25, 0.3) is 5.89 Å². The molecule has 2 atom stereocenters. The lowest BCUT2D eigenvalue weighted by Crippen LogP contribution is -2.35. The van der Waals surface area contributed by atoms with Crippen LogP contribution in [-0.2, 0) is 11.0 Å². The molecule has 0 saturated heterocycles. The molecule has 0 aliphatic rings. The highest BCUT2D eigenvalue weighted by Crippen LogP contribution is 2.40. The number of carbonyl (C=O) groups is 1. The number of hydrogen-bond acceptors (Lipinski definition) is 5. The van der Waals surface area contributed by atoms with E-state index >= 15 is 0 Å². The molecule has 0 fully saturated rings. The van der Waals surface area contributed by atoms with Crippen LogP contribution in [0.15, 0.2) is 71.3 Å². The Morgan fingerprint density at radius 3 is 2.28 bits per heavy atom. The summed E-state index contributed by atoms with van der Waals surface area (Å²) in [6, 6.07) is 17.1. The van der Waals surface area contributed by atoms with E-state index in [0.29, 0.717) is 11.1 Å². The molecule has 4 aromatic rings. The maximum absolute atomic E-state index is 14.0. The Morgan fingerprint density at radius 1 is 0.972 bits per heavy atom. The molecule has 0 saturated carbocycles. The summed E-state index contributed by atoms with van der Waals surface area (Å²) in [7, 11) is 0. The van der Waals surface area contributed by atoms with E-state index < -0.39 is 23.8 Å². The summed E-state index contributed by atoms with van der Waals surface area (Å²) in [5.74, 6) is -0.743. The van der Waals surface area contributed by atoms with E-state index in [-0.39, 0.29) is 28.9 Å². The van der Waals surface area contributed by atoms with Crippen molar-refractivity contribution in [2.75, 3.05) is 0 Å². The second-order valence-corrected chi connectivity index (χ2v) is 8.57. The van der Waals surface area contributed by atoms with Crippen molar-refractivity contribution < 1.29 is 27.6 Å². The first-order chi connectivity index (χ1) is 17.0. The zero-order chi connectivity index (χ0) is 26.0. The lowest BCUT2D eigenvalue weighted by Gasteiger charge is -2.17. The Balaban J connectivity index is 1.61. The quantitative estimate of drug-likeness (QED) is 0.303. The van der Waals surface area contributed by atoms with Crippen molar-refractivity contribution in [3.63, 3.8) is 0 Å². The van der Waals surface area contributed by atoms with E-state index in [0.717, 1.165) is 17.2 Å². The predicted molar refractivity (Wildman–Crippen MR) is 129 cm³/mol. The molecule has 1 heterocycles. The maximum atomic E-state index is 14.0. The number of carboxylic acid groups (broad SMARTS) is 1. The van der Waals surface area contributed by atoms with Gasteiger partial charge in [0.15, 0.2) is 0 Å². The number of alkyl halides is 3. The first-order valence-corrected chi connectivity index (χ1v) is 11.2. The molecular formula is C27H24F3N3O3. The summed E-state index contributed by atoms with van der Waals surface area (Å²) >= 11 is 0. The van der Waals surface area contributed by atoms with E-state index in [9.17, 15) is 18.0 Å². The fourth-order valence-electron chi connectivity index (χ4n) is 3.94. The molecule has 2 unspecified atom stereocenters. The largest absolute Gasteiger partial charge is 0.480 e. The number of hydrogen-bond donors (Lipinski definition) is 2. The van der Waals surface area contributed by atoms with Gasteiger partial charge < -0.3 is 9.63 Å². The maximum Gasteiger partial charge on any atom is 0.417 e. The van der Waals surface area contributed by atoms with Gasteiger partial charge in [-0.1, -0.05) is 59.8 Å². The van der Waals surface area contributed by atoms with E-state index in [1.165, 1.54) is 12.1 Å². The number of aryl methyl sites for hydroxylation is 1. The van der Waals surface area contributed by atoms with Gasteiger partial charge in [-0.05, 0) is 55.2 Å². The molecule has 36 heavy (non-hydrogen) atoms. The molecule has 9 heteroatoms. The monoisotopic (exact) mass is 495 g/mol. The van der Waals surface area contributed by atoms with E-state index in [1.54, 1.807) is 62.4 Å². The molecule has 3 aromatic carbocycles. The summed E-state index contributed by atoms with van der Waals surface area (Å²) in [5.41, 5.74) is 2.17. The minimum atomic E-state index is -4.57. The fourth-order valence-corrected chi connectivity index (χ4v) is 3.94. The van der Waals surface area contributed by atoms with Crippen molar-refractivity contribution in [1.82, 2.24) is 15.5 Å². The van der Waals surface area contributed by atoms with Crippen LogP contribution in [0.2, 0.25) is 0 Å². The van der Waals surface area contributed by atoms with Crippen molar-refractivity contribution in [3.8, 4) is 34.0 Å². The van der Waals surface area contributed by atoms with Gasteiger partial charge in [-0.2, -0.15) is 18.2 Å². The molecule has 1 aromatic heterocycles. The molecule has 6 nitrogen and oxygen atoms in total. The summed E-state index contributed by atoms with van der Waals surface area (Å²) in [5, 5.41) is 16.0. The van der Waals surface area contributed by atoms with Crippen LogP contribution in [0.4, 0.5) is 13.2 Å². The highest BCUT2D eigenvalue weighted by Gasteiger charge is 2.34. The Morgan fingerprint density at radius 2 is 1.64 bits per heavy atom. The van der Waals surface area contributed by atoms with Crippen LogP contribution in [0, 0.1) is 6.92 Å². The number of carboxylic acids is 1. The first-order valence-electron chi connectivity index (χ1n) is 11.2. The third kappa shape index (κ3) is 5.31. The topological polar surface area (TPSA) is 88.2 Å². The number of nitrogens with one attached hydrogen (secondary N) is 1. The van der Waals surface area contributed by atoms with E-state index in [1.807, 2.05) is 6.92 Å². The number of rotatable bonds is 7. The molecule has 4 rings (SSSR count). The zero-order valence-electron chi connectivity index (χ0n) is 19.8. The lowest BCUT2D eigenvalue weighted by atomic mass is 9.94. The normalized spacial score (nSPS) is 13.4. The van der Waals surface area contributed by atoms with Crippen LogP contribution in [-0.4, -0.2) is 27.3 Å². The standard InChI is InChI=1S/C27H24F3N3O3/c1-15-6-4-5-7-21(15)22-13-12-20(14-23(22)27(28,29)30)25-32-24(33-36-25)19-10-8-18(9-11-19)16(2)31-17(3)26(34)35/h4-14,16-17,31H,1-3H3,(H,34,35). The number of aliphatic carboxylic acids is 1. The van der Waals surface area contributed by atoms with Crippen LogP contribution >= 0.6 is 0 Å². The highest BCUT2D eigenvalue weighted by molar-refractivity contribution is 5.75. The number of benzene rings is 3. The Hall–Kier alpha value is -3.98. The molecule has 0 radical (unpaired) electrons. The van der Waals surface area contributed by atoms with Gasteiger partial charge in [-0.15, -0.1) is 0 Å². The number of nitrogens with zero attached hydrogens (tertiary/aromatic N) is 2. The smallest absolute Gasteiger partial charge is 0.417 e. The van der Waals surface area contributed by atoms with Crippen molar-refractivity contribution >= 4 is 5.97 Å². The van der Waals surface area contributed by atoms with E-state index in [4.69, 9.17) is 9.63 Å². The molecular weight excluding hydrogens is 471 g/mol. The van der Waals surface area contributed by atoms with Gasteiger partial charge in [0, 0.05) is 17.2 Å². The van der Waals surface area contributed by atoms with Gasteiger partial charge in [-0.25, -0.2) is 0 Å².